The van der Waals surface area contributed by atoms with Crippen LogP contribution in [-0.2, 0) is 0 Å². The third-order valence-electron chi connectivity index (χ3n) is 3.94. The maximum atomic E-state index is 14.3. The molecule has 4 heteroatoms. The predicted molar refractivity (Wildman–Crippen MR) is 84.9 cm³/mol. The molecule has 110 valence electrons. The topological polar surface area (TPSA) is 65.6 Å². The number of hydrogen-bond acceptors (Lipinski definition) is 2. The molecule has 0 spiro atoms. The van der Waals surface area contributed by atoms with E-state index in [1.54, 1.807) is 0 Å². The van der Waals surface area contributed by atoms with E-state index in [2.05, 4.69) is 11.1 Å². The summed E-state index contributed by atoms with van der Waals surface area (Å²) >= 11 is 0. The van der Waals surface area contributed by atoms with Gasteiger partial charge in [-0.2, -0.15) is 5.26 Å². The van der Waals surface area contributed by atoms with Crippen molar-refractivity contribution in [3.63, 3.8) is 0 Å². The van der Waals surface area contributed by atoms with Crippen LogP contribution in [-0.4, -0.2) is 11.5 Å². The van der Waals surface area contributed by atoms with E-state index in [4.69, 9.17) is 11.0 Å². The molecule has 1 aromatic heterocycles. The van der Waals surface area contributed by atoms with Crippen molar-refractivity contribution in [3.05, 3.63) is 71.2 Å². The summed E-state index contributed by atoms with van der Waals surface area (Å²) in [5.74, 6) is -0.321. The molecule has 0 saturated heterocycles. The van der Waals surface area contributed by atoms with Crippen molar-refractivity contribution in [2.24, 2.45) is 5.73 Å². The Hall–Kier alpha value is -2.64. The molecule has 3 N–H and O–H groups in total. The molecule has 1 unspecified atom stereocenters. The fraction of sp³-hybridized carbons (Fsp3) is 0.167. The SMILES string of the molecule is N#Cc1c[nH]c2c(F)cc(C(CCN)c3ccccc3)cc12. The molecule has 0 aliphatic rings. The Morgan fingerprint density at radius 1 is 1.18 bits per heavy atom. The highest BCUT2D eigenvalue weighted by atomic mass is 19.1. The molecule has 3 nitrogen and oxygen atoms in total. The van der Waals surface area contributed by atoms with Crippen LogP contribution < -0.4 is 5.73 Å². The van der Waals surface area contributed by atoms with Gasteiger partial charge < -0.3 is 10.7 Å². The minimum absolute atomic E-state index is 0.0199. The van der Waals surface area contributed by atoms with Crippen molar-refractivity contribution in [3.8, 4) is 6.07 Å². The lowest BCUT2D eigenvalue weighted by molar-refractivity contribution is 0.630. The number of hydrogen-bond donors (Lipinski definition) is 2. The summed E-state index contributed by atoms with van der Waals surface area (Å²) in [6.45, 7) is 0.511. The molecule has 1 heterocycles. The maximum absolute atomic E-state index is 14.3. The highest BCUT2D eigenvalue weighted by molar-refractivity contribution is 5.87. The minimum atomic E-state index is -0.341. The number of nitrogens with two attached hydrogens (primary N) is 1. The number of nitrogens with zero attached hydrogens (tertiary/aromatic N) is 1. The summed E-state index contributed by atoms with van der Waals surface area (Å²) in [7, 11) is 0. The zero-order valence-electron chi connectivity index (χ0n) is 12.0. The van der Waals surface area contributed by atoms with Gasteiger partial charge in [-0.05, 0) is 36.2 Å². The molecular weight excluding hydrogens is 277 g/mol. The molecule has 0 amide bonds. The van der Waals surface area contributed by atoms with Crippen LogP contribution in [0.25, 0.3) is 10.9 Å². The molecule has 0 radical (unpaired) electrons. The van der Waals surface area contributed by atoms with Crippen LogP contribution in [0.5, 0.6) is 0 Å². The Morgan fingerprint density at radius 2 is 1.95 bits per heavy atom. The molecule has 0 fully saturated rings. The van der Waals surface area contributed by atoms with Gasteiger partial charge in [-0.25, -0.2) is 4.39 Å². The first-order valence-corrected chi connectivity index (χ1v) is 7.20. The Morgan fingerprint density at radius 3 is 2.64 bits per heavy atom. The van der Waals surface area contributed by atoms with Gasteiger partial charge >= 0.3 is 0 Å². The Balaban J connectivity index is 2.16. The zero-order chi connectivity index (χ0) is 15.5. The van der Waals surface area contributed by atoms with Gasteiger partial charge in [0.05, 0.1) is 11.1 Å². The number of nitrogens with one attached hydrogen (secondary N) is 1. The average Bonchev–Trinajstić information content (AvgIpc) is 2.97. The van der Waals surface area contributed by atoms with Crippen molar-refractivity contribution >= 4 is 10.9 Å². The molecular formula is C18H16FN3. The van der Waals surface area contributed by atoms with Crippen molar-refractivity contribution < 1.29 is 4.39 Å². The van der Waals surface area contributed by atoms with Gasteiger partial charge in [0.25, 0.3) is 0 Å². The van der Waals surface area contributed by atoms with Crippen molar-refractivity contribution in [2.45, 2.75) is 12.3 Å². The smallest absolute Gasteiger partial charge is 0.147 e. The summed E-state index contributed by atoms with van der Waals surface area (Å²) < 4.78 is 14.3. The van der Waals surface area contributed by atoms with E-state index in [-0.39, 0.29) is 11.7 Å². The van der Waals surface area contributed by atoms with Crippen LogP contribution in [0.3, 0.4) is 0 Å². The van der Waals surface area contributed by atoms with Gasteiger partial charge in [-0.1, -0.05) is 30.3 Å². The van der Waals surface area contributed by atoms with Crippen LogP contribution in [0.1, 0.15) is 29.0 Å². The van der Waals surface area contributed by atoms with E-state index in [0.717, 1.165) is 17.5 Å². The Labute approximate surface area is 128 Å². The summed E-state index contributed by atoms with van der Waals surface area (Å²) in [5, 5.41) is 9.77. The zero-order valence-corrected chi connectivity index (χ0v) is 12.0. The molecule has 0 bridgehead atoms. The molecule has 2 aromatic carbocycles. The highest BCUT2D eigenvalue weighted by Gasteiger charge is 2.17. The second-order valence-electron chi connectivity index (χ2n) is 5.28. The molecule has 3 aromatic rings. The first-order chi connectivity index (χ1) is 10.7. The predicted octanol–water partition coefficient (Wildman–Crippen LogP) is 3.66. The van der Waals surface area contributed by atoms with E-state index in [9.17, 15) is 4.39 Å². The average molecular weight is 293 g/mol. The maximum Gasteiger partial charge on any atom is 0.147 e. The fourth-order valence-corrected chi connectivity index (χ4v) is 2.88. The first kappa shape index (κ1) is 14.3. The minimum Gasteiger partial charge on any atom is -0.357 e. The number of rotatable bonds is 4. The third kappa shape index (κ3) is 2.47. The van der Waals surface area contributed by atoms with E-state index < -0.39 is 0 Å². The first-order valence-electron chi connectivity index (χ1n) is 7.20. The van der Waals surface area contributed by atoms with E-state index in [1.807, 2.05) is 36.4 Å². The number of fused-ring (bicyclic) bond motifs is 1. The quantitative estimate of drug-likeness (QED) is 0.771. The van der Waals surface area contributed by atoms with E-state index >= 15 is 0 Å². The summed E-state index contributed by atoms with van der Waals surface area (Å²) in [6.07, 6.45) is 2.26. The number of aromatic amines is 1. The monoisotopic (exact) mass is 293 g/mol. The lowest BCUT2D eigenvalue weighted by atomic mass is 9.87. The number of aromatic nitrogens is 1. The lowest BCUT2D eigenvalue weighted by Gasteiger charge is -2.17. The highest BCUT2D eigenvalue weighted by Crippen LogP contribution is 2.32. The van der Waals surface area contributed by atoms with Crippen LogP contribution in [0.4, 0.5) is 4.39 Å². The molecule has 0 saturated carbocycles. The number of H-pyrrole nitrogens is 1. The van der Waals surface area contributed by atoms with Crippen molar-refractivity contribution in [1.29, 1.82) is 5.26 Å². The molecule has 0 aliphatic heterocycles. The summed E-state index contributed by atoms with van der Waals surface area (Å²) in [5.41, 5.74) is 8.51. The second-order valence-corrected chi connectivity index (χ2v) is 5.28. The largest absolute Gasteiger partial charge is 0.357 e. The van der Waals surface area contributed by atoms with E-state index in [1.165, 1.54) is 12.3 Å². The van der Waals surface area contributed by atoms with Crippen LogP contribution in [0.2, 0.25) is 0 Å². The van der Waals surface area contributed by atoms with Gasteiger partial charge in [-0.3, -0.25) is 0 Å². The Bertz CT molecular complexity index is 831. The van der Waals surface area contributed by atoms with Gasteiger partial charge in [0.1, 0.15) is 11.9 Å². The summed E-state index contributed by atoms with van der Waals surface area (Å²) in [4.78, 5) is 2.82. The van der Waals surface area contributed by atoms with Gasteiger partial charge in [-0.15, -0.1) is 0 Å². The number of benzene rings is 2. The van der Waals surface area contributed by atoms with Crippen LogP contribution in [0.15, 0.2) is 48.7 Å². The fourth-order valence-electron chi connectivity index (χ4n) is 2.88. The van der Waals surface area contributed by atoms with Gasteiger partial charge in [0, 0.05) is 17.5 Å². The second kappa shape index (κ2) is 6.00. The standard InChI is InChI=1S/C18H16FN3/c19-17-9-13(8-16-14(10-21)11-22-18(16)17)15(6-7-20)12-4-2-1-3-5-12/h1-5,8-9,11,15,22H,6-7,20H2. The third-order valence-corrected chi connectivity index (χ3v) is 3.94. The number of nitriles is 1. The molecule has 0 aliphatic carbocycles. The van der Waals surface area contributed by atoms with Crippen LogP contribution >= 0.6 is 0 Å². The summed E-state index contributed by atoms with van der Waals surface area (Å²) in [6, 6.07) is 15.4. The molecule has 3 rings (SSSR count). The van der Waals surface area contributed by atoms with Crippen LogP contribution in [0, 0.1) is 17.1 Å². The Kier molecular flexibility index (Phi) is 3.90. The van der Waals surface area contributed by atoms with Gasteiger partial charge in [0.2, 0.25) is 0 Å². The van der Waals surface area contributed by atoms with Crippen molar-refractivity contribution in [1.82, 2.24) is 4.98 Å². The molecule has 1 atom stereocenters. The normalized spacial score (nSPS) is 12.2. The molecule has 22 heavy (non-hydrogen) atoms. The van der Waals surface area contributed by atoms with Gasteiger partial charge in [0.15, 0.2) is 0 Å². The van der Waals surface area contributed by atoms with Crippen molar-refractivity contribution in [2.75, 3.05) is 6.54 Å². The number of halogens is 1. The van der Waals surface area contributed by atoms with E-state index in [0.29, 0.717) is 23.0 Å². The lowest BCUT2D eigenvalue weighted by Crippen LogP contribution is -2.09.